The summed E-state index contributed by atoms with van der Waals surface area (Å²) in [7, 11) is 1.56. The van der Waals surface area contributed by atoms with E-state index < -0.39 is 12.6 Å². The fourth-order valence-corrected chi connectivity index (χ4v) is 3.25. The van der Waals surface area contributed by atoms with Gasteiger partial charge in [-0.1, -0.05) is 38.8 Å². The number of methoxy groups -OCH3 is 1. The lowest BCUT2D eigenvalue weighted by atomic mass is 9.78. The summed E-state index contributed by atoms with van der Waals surface area (Å²) in [5.74, 6) is 0.480. The Morgan fingerprint density at radius 2 is 1.96 bits per heavy atom. The average molecular weight is 370 g/mol. The minimum absolute atomic E-state index is 0.102. The van der Waals surface area contributed by atoms with Crippen LogP contribution in [0, 0.1) is 23.2 Å². The molecule has 0 spiro atoms. The molecule has 27 heavy (non-hydrogen) atoms. The van der Waals surface area contributed by atoms with E-state index in [1.54, 1.807) is 31.4 Å². The number of nitriles is 1. The summed E-state index contributed by atoms with van der Waals surface area (Å²) in [5, 5.41) is 12.1. The first kappa shape index (κ1) is 20.5. The molecule has 0 saturated heterocycles. The molecular weight excluding hydrogens is 344 g/mol. The molecule has 6 heteroatoms. The normalized spacial score (nSPS) is 22.4. The number of carbonyl (C=O) groups excluding carboxylic acids is 2. The smallest absolute Gasteiger partial charge is 0.349 e. The fraction of sp³-hybridized carbons (Fsp3) is 0.476. The maximum Gasteiger partial charge on any atom is 0.349 e. The summed E-state index contributed by atoms with van der Waals surface area (Å²) in [6.07, 6.45) is 4.61. The molecule has 0 radical (unpaired) electrons. The zero-order valence-corrected chi connectivity index (χ0v) is 16.0. The van der Waals surface area contributed by atoms with Crippen LogP contribution in [0.15, 0.2) is 29.8 Å². The van der Waals surface area contributed by atoms with Crippen molar-refractivity contribution in [2.24, 2.45) is 11.8 Å². The van der Waals surface area contributed by atoms with Gasteiger partial charge in [0.15, 0.2) is 6.61 Å². The molecule has 2 rings (SSSR count). The summed E-state index contributed by atoms with van der Waals surface area (Å²) in [6, 6.07) is 8.83. The summed E-state index contributed by atoms with van der Waals surface area (Å²) >= 11 is 0. The Labute approximate surface area is 160 Å². The van der Waals surface area contributed by atoms with E-state index in [4.69, 9.17) is 9.47 Å². The third-order valence-electron chi connectivity index (χ3n) is 5.15. The Morgan fingerprint density at radius 3 is 2.59 bits per heavy atom. The number of rotatable bonds is 6. The first-order valence-corrected chi connectivity index (χ1v) is 9.17. The van der Waals surface area contributed by atoms with Gasteiger partial charge < -0.3 is 14.8 Å². The molecule has 6 nitrogen and oxygen atoms in total. The highest BCUT2D eigenvalue weighted by Gasteiger charge is 2.28. The van der Waals surface area contributed by atoms with E-state index in [1.165, 1.54) is 12.5 Å². The number of nitrogens with one attached hydrogen (secondary N) is 1. The lowest BCUT2D eigenvalue weighted by molar-refractivity contribution is -0.144. The number of carbonyl (C=O) groups is 2. The van der Waals surface area contributed by atoms with Crippen LogP contribution in [0.25, 0.3) is 6.08 Å². The second-order valence-electron chi connectivity index (χ2n) is 6.96. The van der Waals surface area contributed by atoms with E-state index in [1.807, 2.05) is 6.07 Å². The van der Waals surface area contributed by atoms with Gasteiger partial charge in [0.2, 0.25) is 0 Å². The molecule has 1 amide bonds. The van der Waals surface area contributed by atoms with Crippen LogP contribution in [0.5, 0.6) is 5.75 Å². The molecule has 3 atom stereocenters. The van der Waals surface area contributed by atoms with E-state index in [-0.39, 0.29) is 17.5 Å². The van der Waals surface area contributed by atoms with E-state index in [0.717, 1.165) is 12.8 Å². The van der Waals surface area contributed by atoms with Crippen LogP contribution < -0.4 is 10.1 Å². The van der Waals surface area contributed by atoms with Crippen LogP contribution in [0.3, 0.4) is 0 Å². The highest BCUT2D eigenvalue weighted by molar-refractivity contribution is 5.98. The Morgan fingerprint density at radius 1 is 1.26 bits per heavy atom. The number of amides is 1. The SMILES string of the molecule is COc1ccc(/C=C(/C#N)C(=O)OCC(=O)N[C@H]2CCC[C@H](C)[C@@H]2C)cc1. The third-order valence-corrected chi connectivity index (χ3v) is 5.15. The van der Waals surface area contributed by atoms with Gasteiger partial charge in [0.05, 0.1) is 7.11 Å². The van der Waals surface area contributed by atoms with Crippen LogP contribution >= 0.6 is 0 Å². The molecule has 1 aromatic carbocycles. The zero-order valence-electron chi connectivity index (χ0n) is 16.0. The Hall–Kier alpha value is -2.81. The minimum Gasteiger partial charge on any atom is -0.497 e. The summed E-state index contributed by atoms with van der Waals surface area (Å²) in [5.41, 5.74) is 0.506. The molecule has 1 N–H and O–H groups in total. The summed E-state index contributed by atoms with van der Waals surface area (Å²) < 4.78 is 10.1. The van der Waals surface area contributed by atoms with Gasteiger partial charge in [0.1, 0.15) is 17.4 Å². The molecule has 144 valence electrons. The first-order valence-electron chi connectivity index (χ1n) is 9.17. The molecule has 0 heterocycles. The second-order valence-corrected chi connectivity index (χ2v) is 6.96. The molecule has 1 saturated carbocycles. The predicted molar refractivity (Wildman–Crippen MR) is 102 cm³/mol. The Bertz CT molecular complexity index is 734. The van der Waals surface area contributed by atoms with Gasteiger partial charge in [-0.3, -0.25) is 4.79 Å². The van der Waals surface area contributed by atoms with E-state index in [0.29, 0.717) is 23.1 Å². The Balaban J connectivity index is 1.89. The molecule has 0 aliphatic heterocycles. The standard InChI is InChI=1S/C21H26N2O4/c1-14-5-4-6-19(15(14)2)23-20(24)13-27-21(25)17(12-22)11-16-7-9-18(26-3)10-8-16/h7-11,14-15,19H,4-6,13H2,1-3H3,(H,23,24)/b17-11-/t14-,15-,19-/m0/s1. The number of ether oxygens (including phenoxy) is 2. The lowest BCUT2D eigenvalue weighted by Crippen LogP contribution is -2.45. The molecular formula is C21H26N2O4. The first-order chi connectivity index (χ1) is 12.9. The van der Waals surface area contributed by atoms with Crippen LogP contribution in [-0.2, 0) is 14.3 Å². The summed E-state index contributed by atoms with van der Waals surface area (Å²) in [4.78, 5) is 24.2. The van der Waals surface area contributed by atoms with Gasteiger partial charge in [-0.25, -0.2) is 4.79 Å². The van der Waals surface area contributed by atoms with Crippen LogP contribution in [0.1, 0.15) is 38.7 Å². The highest BCUT2D eigenvalue weighted by atomic mass is 16.5. The van der Waals surface area contributed by atoms with Crippen LogP contribution in [0.2, 0.25) is 0 Å². The largest absolute Gasteiger partial charge is 0.497 e. The van der Waals surface area contributed by atoms with Crippen LogP contribution in [-0.4, -0.2) is 31.6 Å². The van der Waals surface area contributed by atoms with E-state index in [9.17, 15) is 14.9 Å². The maximum atomic E-state index is 12.1. The highest BCUT2D eigenvalue weighted by Crippen LogP contribution is 2.29. The van der Waals surface area contributed by atoms with Crippen molar-refractivity contribution in [1.29, 1.82) is 5.26 Å². The van der Waals surface area contributed by atoms with Gasteiger partial charge in [-0.2, -0.15) is 5.26 Å². The van der Waals surface area contributed by atoms with Crippen molar-refractivity contribution >= 4 is 18.0 Å². The maximum absolute atomic E-state index is 12.1. The predicted octanol–water partition coefficient (Wildman–Crippen LogP) is 3.09. The van der Waals surface area contributed by atoms with Crippen molar-refractivity contribution < 1.29 is 19.1 Å². The monoisotopic (exact) mass is 370 g/mol. The zero-order chi connectivity index (χ0) is 19.8. The van der Waals surface area contributed by atoms with Crippen molar-refractivity contribution in [3.63, 3.8) is 0 Å². The second kappa shape index (κ2) is 9.77. The number of hydrogen-bond acceptors (Lipinski definition) is 5. The molecule has 0 aromatic heterocycles. The van der Waals surface area contributed by atoms with Gasteiger partial charge in [-0.15, -0.1) is 0 Å². The third kappa shape index (κ3) is 5.85. The average Bonchev–Trinajstić information content (AvgIpc) is 2.68. The van der Waals surface area contributed by atoms with Crippen molar-refractivity contribution in [2.45, 2.75) is 39.2 Å². The fourth-order valence-electron chi connectivity index (χ4n) is 3.25. The number of nitrogens with zero attached hydrogens (tertiary/aromatic N) is 1. The quantitative estimate of drug-likeness (QED) is 0.472. The van der Waals surface area contributed by atoms with Gasteiger partial charge >= 0.3 is 5.97 Å². The Kier molecular flexibility index (Phi) is 7.42. The van der Waals surface area contributed by atoms with Gasteiger partial charge in [0, 0.05) is 6.04 Å². The minimum atomic E-state index is -0.812. The molecule has 1 aromatic rings. The van der Waals surface area contributed by atoms with Crippen molar-refractivity contribution in [1.82, 2.24) is 5.32 Å². The topological polar surface area (TPSA) is 88.4 Å². The van der Waals surface area contributed by atoms with Gasteiger partial charge in [0.25, 0.3) is 5.91 Å². The molecule has 1 aliphatic rings. The molecule has 0 bridgehead atoms. The van der Waals surface area contributed by atoms with E-state index >= 15 is 0 Å². The van der Waals surface area contributed by atoms with E-state index in [2.05, 4.69) is 19.2 Å². The molecule has 0 unspecified atom stereocenters. The number of hydrogen-bond donors (Lipinski definition) is 1. The number of benzene rings is 1. The lowest BCUT2D eigenvalue weighted by Gasteiger charge is -2.34. The molecule has 1 aliphatic carbocycles. The van der Waals surface area contributed by atoms with Crippen molar-refractivity contribution in [3.8, 4) is 11.8 Å². The number of esters is 1. The van der Waals surface area contributed by atoms with Crippen molar-refractivity contribution in [3.05, 3.63) is 35.4 Å². The van der Waals surface area contributed by atoms with Crippen molar-refractivity contribution in [2.75, 3.05) is 13.7 Å². The molecule has 1 fully saturated rings. The summed E-state index contributed by atoms with van der Waals surface area (Å²) in [6.45, 7) is 3.93. The van der Waals surface area contributed by atoms with Crippen LogP contribution in [0.4, 0.5) is 0 Å². The van der Waals surface area contributed by atoms with Gasteiger partial charge in [-0.05, 0) is 42.0 Å².